The number of benzene rings is 4. The molecule has 1 atom stereocenters. The van der Waals surface area contributed by atoms with E-state index in [1.54, 1.807) is 41.5 Å². The molecule has 0 radical (unpaired) electrons. The van der Waals surface area contributed by atoms with E-state index in [1.165, 1.54) is 66.7 Å². The first kappa shape index (κ1) is 39.6. The van der Waals surface area contributed by atoms with Crippen molar-refractivity contribution in [2.45, 2.75) is 73.4 Å². The molecule has 4 aromatic rings. The van der Waals surface area contributed by atoms with E-state index in [4.69, 9.17) is 18.9 Å². The second kappa shape index (κ2) is 16.2. The van der Waals surface area contributed by atoms with Crippen molar-refractivity contribution in [1.29, 1.82) is 0 Å². The number of ketones is 1. The summed E-state index contributed by atoms with van der Waals surface area (Å²) in [5.41, 5.74) is 0.266. The van der Waals surface area contributed by atoms with Gasteiger partial charge in [-0.3, -0.25) is 14.4 Å². The maximum atomic E-state index is 14.1. The highest BCUT2D eigenvalue weighted by atomic mass is 16.6. The molecule has 1 unspecified atom stereocenters. The minimum Gasteiger partial charge on any atom is -0.426 e. The molecule has 0 bridgehead atoms. The van der Waals surface area contributed by atoms with Gasteiger partial charge in [-0.05, 0) is 121 Å². The standard InChI is InChI=1S/C44H48NO9/c1-43(2,3)41(49)53-34-20-16-30(17-21-34)39(47)51-36-24-32(38(46)28-45(7,33-14-11-15-33)27-29-12-9-8-10-13-29)25-37(26-36)52-40(48)31-18-22-35(23-19-31)54-42(50)44(4,5)6/h8-10,12-13,16-26,33H,11,14-15,27-28H2,1-7H3/q+1. The minimum atomic E-state index is -0.731. The lowest BCUT2D eigenvalue weighted by molar-refractivity contribution is -0.943. The maximum absolute atomic E-state index is 14.1. The third kappa shape index (κ3) is 10.3. The van der Waals surface area contributed by atoms with Crippen molar-refractivity contribution in [3.8, 4) is 23.0 Å². The topological polar surface area (TPSA) is 122 Å². The van der Waals surface area contributed by atoms with E-state index in [0.717, 1.165) is 24.8 Å². The Labute approximate surface area is 316 Å². The lowest BCUT2D eigenvalue weighted by Gasteiger charge is -2.45. The van der Waals surface area contributed by atoms with Gasteiger partial charge in [-0.25, -0.2) is 9.59 Å². The highest BCUT2D eigenvalue weighted by Crippen LogP contribution is 2.33. The second-order valence-corrected chi connectivity index (χ2v) is 16.1. The summed E-state index contributed by atoms with van der Waals surface area (Å²) in [6.07, 6.45) is 3.13. The molecule has 54 heavy (non-hydrogen) atoms. The van der Waals surface area contributed by atoms with E-state index < -0.39 is 34.7 Å². The molecule has 1 fully saturated rings. The summed E-state index contributed by atoms with van der Waals surface area (Å²) >= 11 is 0. The van der Waals surface area contributed by atoms with Crippen molar-refractivity contribution in [3.05, 3.63) is 119 Å². The van der Waals surface area contributed by atoms with Crippen LogP contribution in [0.15, 0.2) is 97.1 Å². The third-order valence-corrected chi connectivity index (χ3v) is 9.30. The van der Waals surface area contributed by atoms with Crippen molar-refractivity contribution in [1.82, 2.24) is 0 Å². The first-order valence-corrected chi connectivity index (χ1v) is 18.1. The van der Waals surface area contributed by atoms with E-state index in [-0.39, 0.29) is 52.0 Å². The second-order valence-electron chi connectivity index (χ2n) is 16.1. The van der Waals surface area contributed by atoms with Crippen LogP contribution in [-0.4, -0.2) is 53.8 Å². The van der Waals surface area contributed by atoms with Gasteiger partial charge in [0.1, 0.15) is 36.1 Å². The molecular formula is C44H48NO9+. The number of hydrogen-bond acceptors (Lipinski definition) is 9. The first-order chi connectivity index (χ1) is 25.4. The number of ether oxygens (including phenoxy) is 4. The Balaban J connectivity index is 1.39. The summed E-state index contributed by atoms with van der Waals surface area (Å²) in [4.78, 5) is 65.4. The summed E-state index contributed by atoms with van der Waals surface area (Å²) in [6, 6.07) is 26.5. The zero-order valence-electron chi connectivity index (χ0n) is 32.0. The van der Waals surface area contributed by atoms with Gasteiger partial charge in [0.2, 0.25) is 5.78 Å². The van der Waals surface area contributed by atoms with Crippen molar-refractivity contribution < 1.29 is 47.4 Å². The average Bonchev–Trinajstić information content (AvgIpc) is 3.07. The average molecular weight is 735 g/mol. The first-order valence-electron chi connectivity index (χ1n) is 18.1. The van der Waals surface area contributed by atoms with Gasteiger partial charge in [0.15, 0.2) is 0 Å². The quantitative estimate of drug-likeness (QED) is 0.0611. The molecular weight excluding hydrogens is 686 g/mol. The number of quaternary nitrogens is 1. The Morgan fingerprint density at radius 3 is 1.41 bits per heavy atom. The van der Waals surface area contributed by atoms with E-state index >= 15 is 0 Å². The number of carbonyl (C=O) groups is 5. The predicted molar refractivity (Wildman–Crippen MR) is 203 cm³/mol. The molecule has 5 rings (SSSR count). The zero-order valence-corrected chi connectivity index (χ0v) is 32.0. The van der Waals surface area contributed by atoms with Crippen LogP contribution in [0.25, 0.3) is 0 Å². The van der Waals surface area contributed by atoms with Gasteiger partial charge in [-0.15, -0.1) is 0 Å². The highest BCUT2D eigenvalue weighted by molar-refractivity contribution is 5.99. The van der Waals surface area contributed by atoms with Crippen molar-refractivity contribution in [2.24, 2.45) is 10.8 Å². The van der Waals surface area contributed by atoms with Crippen LogP contribution < -0.4 is 18.9 Å². The lowest BCUT2D eigenvalue weighted by Crippen LogP contribution is -2.56. The van der Waals surface area contributed by atoms with Gasteiger partial charge in [0.05, 0.1) is 35.0 Å². The number of esters is 4. The number of Topliss-reactive ketones (excluding diaryl/α,β-unsaturated/α-hetero) is 1. The third-order valence-electron chi connectivity index (χ3n) is 9.30. The largest absolute Gasteiger partial charge is 0.426 e. The summed E-state index contributed by atoms with van der Waals surface area (Å²) in [5.74, 6) is -1.95. The van der Waals surface area contributed by atoms with Crippen molar-refractivity contribution >= 4 is 29.7 Å². The molecule has 0 aromatic heterocycles. The molecule has 1 saturated carbocycles. The minimum absolute atomic E-state index is 0.00207. The smallest absolute Gasteiger partial charge is 0.343 e. The van der Waals surface area contributed by atoms with Crippen LogP contribution in [-0.2, 0) is 16.1 Å². The highest BCUT2D eigenvalue weighted by Gasteiger charge is 2.39. The van der Waals surface area contributed by atoms with E-state index in [0.29, 0.717) is 17.1 Å². The fourth-order valence-corrected chi connectivity index (χ4v) is 5.76. The molecule has 4 aromatic carbocycles. The normalized spacial score (nSPS) is 14.2. The lowest BCUT2D eigenvalue weighted by atomic mass is 9.88. The van der Waals surface area contributed by atoms with Gasteiger partial charge in [-0.2, -0.15) is 0 Å². The SMILES string of the molecule is CC(C)(C)C(=O)Oc1ccc(C(=O)Oc2cc(OC(=O)c3ccc(OC(=O)C(C)(C)C)cc3)cc(C(=O)C[N+](C)(Cc3ccccc3)C3CCC3)c2)cc1. The number of likely N-dealkylation sites (N-methyl/N-ethyl adjacent to an activating group) is 1. The number of nitrogens with zero attached hydrogens (tertiary/aromatic N) is 1. The summed E-state index contributed by atoms with van der Waals surface area (Å²) in [7, 11) is 2.09. The molecule has 0 saturated heterocycles. The van der Waals surface area contributed by atoms with Gasteiger partial charge in [0.25, 0.3) is 0 Å². The Morgan fingerprint density at radius 1 is 0.574 bits per heavy atom. The summed E-state index contributed by atoms with van der Waals surface area (Å²) in [5, 5.41) is 0. The molecule has 1 aliphatic rings. The summed E-state index contributed by atoms with van der Waals surface area (Å²) < 4.78 is 22.8. The molecule has 282 valence electrons. The molecule has 0 N–H and O–H groups in total. The molecule has 1 aliphatic carbocycles. The van der Waals surface area contributed by atoms with Gasteiger partial charge in [0, 0.05) is 17.2 Å². The predicted octanol–water partition coefficient (Wildman–Crippen LogP) is 8.41. The molecule has 0 heterocycles. The van der Waals surface area contributed by atoms with Crippen LogP contribution >= 0.6 is 0 Å². The molecule has 0 aliphatic heterocycles. The number of hydrogen-bond donors (Lipinski definition) is 0. The Hall–Kier alpha value is -5.61. The Morgan fingerprint density at radius 2 is 1.02 bits per heavy atom. The van der Waals surface area contributed by atoms with E-state index in [2.05, 4.69) is 19.2 Å². The molecule has 10 nitrogen and oxygen atoms in total. The van der Waals surface area contributed by atoms with Crippen LogP contribution in [0.4, 0.5) is 0 Å². The van der Waals surface area contributed by atoms with Crippen LogP contribution in [0.1, 0.15) is 97.4 Å². The van der Waals surface area contributed by atoms with Crippen LogP contribution in [0.5, 0.6) is 23.0 Å². The van der Waals surface area contributed by atoms with Gasteiger partial charge in [-0.1, -0.05) is 30.3 Å². The van der Waals surface area contributed by atoms with Gasteiger partial charge >= 0.3 is 23.9 Å². The van der Waals surface area contributed by atoms with Crippen molar-refractivity contribution in [3.63, 3.8) is 0 Å². The maximum Gasteiger partial charge on any atom is 0.343 e. The van der Waals surface area contributed by atoms with E-state index in [9.17, 15) is 24.0 Å². The van der Waals surface area contributed by atoms with Gasteiger partial charge < -0.3 is 23.4 Å². The van der Waals surface area contributed by atoms with Crippen LogP contribution in [0.3, 0.4) is 0 Å². The summed E-state index contributed by atoms with van der Waals surface area (Å²) in [6.45, 7) is 11.3. The number of rotatable bonds is 12. The van der Waals surface area contributed by atoms with E-state index in [1.807, 2.05) is 18.2 Å². The molecule has 0 amide bonds. The Kier molecular flexibility index (Phi) is 11.9. The number of carbonyl (C=O) groups excluding carboxylic acids is 5. The van der Waals surface area contributed by atoms with Crippen LogP contribution in [0, 0.1) is 10.8 Å². The van der Waals surface area contributed by atoms with Crippen molar-refractivity contribution in [2.75, 3.05) is 13.6 Å². The van der Waals surface area contributed by atoms with Crippen LogP contribution in [0.2, 0.25) is 0 Å². The fourth-order valence-electron chi connectivity index (χ4n) is 5.76. The molecule has 10 heteroatoms. The fraction of sp³-hybridized carbons (Fsp3) is 0.341. The Bertz CT molecular complexity index is 1900. The molecule has 0 spiro atoms. The zero-order chi connectivity index (χ0) is 39.3. The monoisotopic (exact) mass is 734 g/mol.